The molecule has 4 unspecified atom stereocenters. The molecule has 0 bridgehead atoms. The van der Waals surface area contributed by atoms with Gasteiger partial charge in [-0.2, -0.15) is 0 Å². The average Bonchev–Trinajstić information content (AvgIpc) is 3.39. The molecule has 1 aromatic carbocycles. The molecule has 55 heavy (non-hydrogen) atoms. The van der Waals surface area contributed by atoms with Gasteiger partial charge in [-0.3, -0.25) is 28.9 Å². The van der Waals surface area contributed by atoms with Crippen molar-refractivity contribution in [3.63, 3.8) is 0 Å². The second-order valence-electron chi connectivity index (χ2n) is 13.5. The van der Waals surface area contributed by atoms with Crippen LogP contribution < -0.4 is 32.3 Å². The van der Waals surface area contributed by atoms with E-state index in [2.05, 4.69) is 26.6 Å². The Balaban J connectivity index is 1.52. The highest BCUT2D eigenvalue weighted by molar-refractivity contribution is 6.02. The number of carbonyl (C=O) groups excluding carboxylic acids is 7. The third-order valence-electron chi connectivity index (χ3n) is 8.90. The molecule has 0 aliphatic carbocycles. The number of aliphatic hydroxyl groups excluding tert-OH is 3. The first kappa shape index (κ1) is 42.8. The van der Waals surface area contributed by atoms with Gasteiger partial charge in [-0.15, -0.1) is 0 Å². The lowest BCUT2D eigenvalue weighted by Crippen LogP contribution is -2.63. The van der Waals surface area contributed by atoms with Gasteiger partial charge in [-0.05, 0) is 49.3 Å². The van der Waals surface area contributed by atoms with Crippen LogP contribution in [0.2, 0.25) is 0 Å². The summed E-state index contributed by atoms with van der Waals surface area (Å²) in [4.78, 5) is 87.9. The van der Waals surface area contributed by atoms with Crippen molar-refractivity contribution in [3.05, 3.63) is 29.8 Å². The summed E-state index contributed by atoms with van der Waals surface area (Å²) >= 11 is 0. The van der Waals surface area contributed by atoms with Crippen LogP contribution in [0.5, 0.6) is 0 Å². The molecule has 19 nitrogen and oxygen atoms in total. The van der Waals surface area contributed by atoms with Gasteiger partial charge in [-0.25, -0.2) is 14.0 Å². The summed E-state index contributed by atoms with van der Waals surface area (Å²) in [6.07, 6.45) is -7.68. The first-order valence-corrected chi connectivity index (χ1v) is 18.0. The van der Waals surface area contributed by atoms with E-state index in [9.17, 15) is 48.2 Å². The fourth-order valence-electron chi connectivity index (χ4n) is 5.78. The van der Waals surface area contributed by atoms with Crippen LogP contribution >= 0.6 is 0 Å². The number of imide groups is 1. The number of halogens is 1. The number of nitrogens with zero attached hydrogens (tertiary/aromatic N) is 1. The van der Waals surface area contributed by atoms with E-state index in [4.69, 9.17) is 21.7 Å². The lowest BCUT2D eigenvalue weighted by molar-refractivity contribution is -0.239. The Morgan fingerprint density at radius 1 is 1.04 bits per heavy atom. The zero-order chi connectivity index (χ0) is 41.5. The summed E-state index contributed by atoms with van der Waals surface area (Å²) in [5.41, 5.74) is 5.90. The van der Waals surface area contributed by atoms with Gasteiger partial charge >= 0.3 is 12.1 Å². The number of amides is 8. The van der Waals surface area contributed by atoms with E-state index in [1.165, 1.54) is 24.3 Å². The Bertz CT molecular complexity index is 1540. The van der Waals surface area contributed by atoms with Crippen LogP contribution in [0.25, 0.3) is 0 Å². The summed E-state index contributed by atoms with van der Waals surface area (Å²) in [7, 11) is 0. The maximum absolute atomic E-state index is 14.2. The fraction of sp³-hybridized carbons (Fsp3) is 0.629. The minimum absolute atomic E-state index is 0.0704. The predicted molar refractivity (Wildman–Crippen MR) is 191 cm³/mol. The van der Waals surface area contributed by atoms with E-state index in [1.54, 1.807) is 13.8 Å². The zero-order valence-electron chi connectivity index (χ0n) is 31.7. The van der Waals surface area contributed by atoms with Crippen LogP contribution in [-0.4, -0.2) is 124 Å². The molecular formula is C35H52FN7O12. The van der Waals surface area contributed by atoms with Crippen molar-refractivity contribution >= 4 is 47.3 Å². The number of urea groups is 1. The molecule has 0 radical (unpaired) electrons. The standard InChI is InChI=1S/C35H52FN7O12/c1-19(2)28(41-24(45)8-4-3-5-16-43-25(46)13-14-26(43)47)32(50)40-22(7-6-15-38-34(37)52)31(49)39-21-11-9-20(10-12-21)18-54-35(53)42-29-30(48)27(36)23(17-44)55-33(29)51/h9-12,19,22-23,27-30,33,44,48,51H,3-8,13-18H2,1-2H3,(H,39,49)(H,40,50)(H,41,45)(H,42,53)(H3,37,38,52)/t22?,23-,27-,28?,29-,30+,33?/m1/s1/i13T/t13?,22?,23-,27-,28?,29-,30+,33?. The molecule has 2 fully saturated rings. The number of ether oxygens (including phenoxy) is 2. The topological polar surface area (TPSA) is 288 Å². The molecule has 0 aromatic heterocycles. The van der Waals surface area contributed by atoms with E-state index < -0.39 is 91.6 Å². The van der Waals surface area contributed by atoms with Gasteiger partial charge in [0.25, 0.3) is 0 Å². The molecule has 3 rings (SSSR count). The molecule has 0 spiro atoms. The number of carbonyl (C=O) groups is 7. The molecule has 10 N–H and O–H groups in total. The number of alkyl carbamates (subject to hydrolysis) is 1. The smallest absolute Gasteiger partial charge is 0.407 e. The molecule has 2 aliphatic heterocycles. The Kier molecular flexibility index (Phi) is 17.0. The van der Waals surface area contributed by atoms with E-state index in [1.807, 2.05) is 0 Å². The summed E-state index contributed by atoms with van der Waals surface area (Å²) in [5.74, 6) is -2.90. The number of nitrogens with two attached hydrogens (primary N) is 1. The minimum atomic E-state index is -2.07. The summed E-state index contributed by atoms with van der Waals surface area (Å²) < 4.78 is 31.7. The first-order chi connectivity index (χ1) is 26.5. The van der Waals surface area contributed by atoms with Crippen LogP contribution in [-0.2, 0) is 40.1 Å². The summed E-state index contributed by atoms with van der Waals surface area (Å²) in [6.45, 7) is 2.65. The van der Waals surface area contributed by atoms with Gasteiger partial charge in [-0.1, -0.05) is 32.4 Å². The average molecular weight is 784 g/mol. The fourth-order valence-corrected chi connectivity index (χ4v) is 5.78. The number of alkyl halides is 1. The van der Waals surface area contributed by atoms with Gasteiger partial charge < -0.3 is 57.1 Å². The van der Waals surface area contributed by atoms with Gasteiger partial charge in [0, 0.05) is 39.4 Å². The van der Waals surface area contributed by atoms with Crippen molar-refractivity contribution in [1.29, 1.82) is 0 Å². The zero-order valence-corrected chi connectivity index (χ0v) is 30.7. The van der Waals surface area contributed by atoms with E-state index >= 15 is 0 Å². The first-order valence-electron chi connectivity index (χ1n) is 18.6. The largest absolute Gasteiger partial charge is 0.445 e. The van der Waals surface area contributed by atoms with Crippen molar-refractivity contribution in [3.8, 4) is 0 Å². The van der Waals surface area contributed by atoms with Gasteiger partial charge in [0.05, 0.1) is 6.61 Å². The second kappa shape index (κ2) is 21.8. The molecule has 8 amide bonds. The molecule has 0 saturated carbocycles. The third-order valence-corrected chi connectivity index (χ3v) is 8.90. The van der Waals surface area contributed by atoms with Crippen molar-refractivity contribution in [2.45, 2.75) is 115 Å². The van der Waals surface area contributed by atoms with Crippen molar-refractivity contribution in [2.24, 2.45) is 11.7 Å². The molecule has 2 heterocycles. The highest BCUT2D eigenvalue weighted by Crippen LogP contribution is 2.23. The van der Waals surface area contributed by atoms with Crippen molar-refractivity contribution in [2.75, 3.05) is 25.0 Å². The number of benzene rings is 1. The molecule has 2 saturated heterocycles. The molecule has 8 atom stereocenters. The maximum atomic E-state index is 14.2. The van der Waals surface area contributed by atoms with Crippen molar-refractivity contribution in [1.82, 2.24) is 26.2 Å². The number of primary amides is 1. The maximum Gasteiger partial charge on any atom is 0.407 e. The number of nitrogens with one attached hydrogen (secondary N) is 5. The van der Waals surface area contributed by atoms with Crippen LogP contribution in [0.15, 0.2) is 24.3 Å². The number of anilines is 1. The van der Waals surface area contributed by atoms with Crippen LogP contribution in [0, 0.1) is 5.92 Å². The number of aliphatic hydroxyl groups is 3. The third kappa shape index (κ3) is 14.0. The van der Waals surface area contributed by atoms with Gasteiger partial charge in [0.15, 0.2) is 12.5 Å². The van der Waals surface area contributed by atoms with Crippen LogP contribution in [0.1, 0.15) is 72.1 Å². The Labute approximate surface area is 318 Å². The predicted octanol–water partition coefficient (Wildman–Crippen LogP) is -0.588. The highest BCUT2D eigenvalue weighted by atomic mass is 19.1. The number of likely N-dealkylation sites (tertiary alicyclic amines) is 1. The molecule has 1 aromatic rings. The normalized spacial score (nSPS) is 23.7. The van der Waals surface area contributed by atoms with E-state index in [0.717, 1.165) is 4.90 Å². The quantitative estimate of drug-likeness (QED) is 0.0593. The minimum Gasteiger partial charge on any atom is -0.445 e. The highest BCUT2D eigenvalue weighted by Gasteiger charge is 2.45. The van der Waals surface area contributed by atoms with Crippen LogP contribution in [0.4, 0.5) is 19.7 Å². The molecular weight excluding hydrogens is 729 g/mol. The molecule has 2 aliphatic rings. The van der Waals surface area contributed by atoms with Crippen molar-refractivity contribution < 1.29 is 64.1 Å². The number of hydrogen-bond acceptors (Lipinski definition) is 12. The number of hydrogen-bond donors (Lipinski definition) is 9. The van der Waals surface area contributed by atoms with E-state index in [0.29, 0.717) is 30.5 Å². The Morgan fingerprint density at radius 2 is 1.75 bits per heavy atom. The second-order valence-corrected chi connectivity index (χ2v) is 13.5. The van der Waals surface area contributed by atoms with Gasteiger partial charge in [0.2, 0.25) is 29.5 Å². The lowest BCUT2D eigenvalue weighted by Gasteiger charge is -2.38. The van der Waals surface area contributed by atoms with Gasteiger partial charge in [0.1, 0.15) is 36.9 Å². The summed E-state index contributed by atoms with van der Waals surface area (Å²) in [5, 5.41) is 41.8. The Hall–Kier alpha value is -4.92. The van der Waals surface area contributed by atoms with Crippen LogP contribution in [0.3, 0.4) is 0 Å². The molecule has 20 heteroatoms. The SMILES string of the molecule is [3H]C1CC(=O)N(CCCCCC(=O)NC(C(=O)NC(CCCNC(N)=O)C(=O)Nc2ccc(COC(=O)N[C@H]3C(O)O[C@H](CO)[C@@H](F)[C@@H]3O)cc2)C(C)C)C1=O. The Morgan fingerprint density at radius 3 is 2.36 bits per heavy atom. The summed E-state index contributed by atoms with van der Waals surface area (Å²) in [6, 6.07) is 1.61. The number of unbranched alkanes of at least 4 members (excludes halogenated alkanes) is 2. The van der Waals surface area contributed by atoms with E-state index in [-0.39, 0.29) is 57.2 Å². The lowest BCUT2D eigenvalue weighted by atomic mass is 9.98. The molecule has 306 valence electrons. The monoisotopic (exact) mass is 783 g/mol. The number of rotatable bonds is 20.